The third-order valence-corrected chi connectivity index (χ3v) is 7.74. The Morgan fingerprint density at radius 1 is 1.11 bits per heavy atom. The number of ether oxygens (including phenoxy) is 1. The molecular weight excluding hydrogens is 394 g/mol. The lowest BCUT2D eigenvalue weighted by Gasteiger charge is -2.43. The molecule has 0 atom stereocenters. The average molecular weight is 418 g/mol. The summed E-state index contributed by atoms with van der Waals surface area (Å²) in [6, 6.07) is 11.0. The quantitative estimate of drug-likeness (QED) is 0.821. The summed E-state index contributed by atoms with van der Waals surface area (Å²) in [6.07, 6.45) is 1.59. The zero-order chi connectivity index (χ0) is 19.6. The highest BCUT2D eigenvalue weighted by atomic mass is 32.2. The number of nitrogens with zero attached hydrogens (tertiary/aromatic N) is 2. The van der Waals surface area contributed by atoms with E-state index in [2.05, 4.69) is 5.32 Å². The summed E-state index contributed by atoms with van der Waals surface area (Å²) < 4.78 is 5.14. The molecule has 8 heteroatoms. The molecule has 1 aromatic heterocycles. The molecule has 2 aliphatic rings. The fourth-order valence-corrected chi connectivity index (χ4v) is 5.91. The summed E-state index contributed by atoms with van der Waals surface area (Å²) in [7, 11) is 1.62. The van der Waals surface area contributed by atoms with E-state index in [9.17, 15) is 9.59 Å². The monoisotopic (exact) mass is 417 g/mol. The molecule has 1 aromatic carbocycles. The summed E-state index contributed by atoms with van der Waals surface area (Å²) in [5, 5.41) is 4.88. The van der Waals surface area contributed by atoms with Crippen molar-refractivity contribution in [3.8, 4) is 5.75 Å². The number of hydrogen-bond acceptors (Lipinski definition) is 5. The van der Waals surface area contributed by atoms with Crippen LogP contribution in [0.25, 0.3) is 0 Å². The van der Waals surface area contributed by atoms with E-state index >= 15 is 0 Å². The summed E-state index contributed by atoms with van der Waals surface area (Å²) in [4.78, 5) is 30.0. The van der Waals surface area contributed by atoms with Gasteiger partial charge in [-0.05, 0) is 48.6 Å². The molecule has 2 aromatic rings. The molecular formula is C20H23N3O3S2. The Hall–Kier alpha value is -2.19. The first-order valence-electron chi connectivity index (χ1n) is 9.31. The van der Waals surface area contributed by atoms with Crippen LogP contribution in [0.15, 0.2) is 41.8 Å². The average Bonchev–Trinajstić information content (AvgIpc) is 3.39. The van der Waals surface area contributed by atoms with Crippen LogP contribution in [0.5, 0.6) is 5.75 Å². The van der Waals surface area contributed by atoms with Gasteiger partial charge < -0.3 is 19.9 Å². The number of piperidine rings is 1. The van der Waals surface area contributed by atoms with E-state index in [0.29, 0.717) is 13.1 Å². The van der Waals surface area contributed by atoms with Gasteiger partial charge in [0, 0.05) is 31.1 Å². The molecule has 0 radical (unpaired) electrons. The molecule has 0 unspecified atom stereocenters. The molecule has 1 N–H and O–H groups in total. The Morgan fingerprint density at radius 3 is 2.50 bits per heavy atom. The molecule has 2 aliphatic heterocycles. The molecule has 148 valence electrons. The van der Waals surface area contributed by atoms with Crippen LogP contribution >= 0.6 is 23.1 Å². The lowest BCUT2D eigenvalue weighted by Crippen LogP contribution is -2.54. The second-order valence-corrected chi connectivity index (χ2v) is 9.28. The van der Waals surface area contributed by atoms with Crippen molar-refractivity contribution in [2.24, 2.45) is 0 Å². The van der Waals surface area contributed by atoms with E-state index in [1.165, 1.54) is 11.3 Å². The van der Waals surface area contributed by atoms with Crippen LogP contribution in [-0.4, -0.2) is 59.1 Å². The van der Waals surface area contributed by atoms with Crippen molar-refractivity contribution in [1.82, 2.24) is 9.80 Å². The molecule has 0 saturated carbocycles. The number of urea groups is 1. The SMILES string of the molecule is COc1ccc(NC(=O)N2CCC3(CC2)SCCN3C(=O)c2cccs2)cc1. The number of rotatable bonds is 3. The topological polar surface area (TPSA) is 61.9 Å². The van der Waals surface area contributed by atoms with Gasteiger partial charge in [0.1, 0.15) is 5.75 Å². The Bertz CT molecular complexity index is 831. The van der Waals surface area contributed by atoms with Gasteiger partial charge in [0.05, 0.1) is 16.9 Å². The van der Waals surface area contributed by atoms with Crippen LogP contribution in [0.1, 0.15) is 22.5 Å². The molecule has 0 aliphatic carbocycles. The van der Waals surface area contributed by atoms with Gasteiger partial charge in [-0.1, -0.05) is 6.07 Å². The number of carbonyl (C=O) groups is 2. The van der Waals surface area contributed by atoms with Crippen LogP contribution in [0.4, 0.5) is 10.5 Å². The number of thiophene rings is 1. The molecule has 28 heavy (non-hydrogen) atoms. The van der Waals surface area contributed by atoms with Gasteiger partial charge in [-0.25, -0.2) is 4.79 Å². The van der Waals surface area contributed by atoms with E-state index in [-0.39, 0.29) is 16.8 Å². The predicted molar refractivity (Wildman–Crippen MR) is 113 cm³/mol. The van der Waals surface area contributed by atoms with Gasteiger partial charge in [-0.3, -0.25) is 4.79 Å². The van der Waals surface area contributed by atoms with Crippen molar-refractivity contribution in [1.29, 1.82) is 0 Å². The number of thioether (sulfide) groups is 1. The first kappa shape index (κ1) is 19.1. The highest BCUT2D eigenvalue weighted by Crippen LogP contribution is 2.44. The molecule has 2 saturated heterocycles. The standard InChI is InChI=1S/C20H23N3O3S2/c1-26-16-6-4-15(5-7-16)21-19(25)22-10-8-20(9-11-22)23(12-14-28-20)18(24)17-3-2-13-27-17/h2-7,13H,8-12,14H2,1H3,(H,21,25). The number of benzene rings is 1. The molecule has 2 fully saturated rings. The van der Waals surface area contributed by atoms with Gasteiger partial charge in [0.2, 0.25) is 0 Å². The Balaban J connectivity index is 1.37. The van der Waals surface area contributed by atoms with Crippen molar-refractivity contribution in [2.45, 2.75) is 17.7 Å². The van der Waals surface area contributed by atoms with Crippen molar-refractivity contribution in [3.05, 3.63) is 46.7 Å². The summed E-state index contributed by atoms with van der Waals surface area (Å²) in [6.45, 7) is 2.06. The summed E-state index contributed by atoms with van der Waals surface area (Å²) >= 11 is 3.35. The van der Waals surface area contributed by atoms with Gasteiger partial charge in [-0.2, -0.15) is 0 Å². The van der Waals surface area contributed by atoms with E-state index in [1.807, 2.05) is 63.3 Å². The molecule has 3 heterocycles. The lowest BCUT2D eigenvalue weighted by atomic mass is 10.0. The maximum Gasteiger partial charge on any atom is 0.321 e. The van der Waals surface area contributed by atoms with Crippen LogP contribution < -0.4 is 10.1 Å². The van der Waals surface area contributed by atoms with Crippen molar-refractivity contribution < 1.29 is 14.3 Å². The molecule has 3 amide bonds. The molecule has 0 bridgehead atoms. The first-order chi connectivity index (χ1) is 13.6. The second-order valence-electron chi connectivity index (χ2n) is 6.87. The summed E-state index contributed by atoms with van der Waals surface area (Å²) in [5.74, 6) is 1.83. The van der Waals surface area contributed by atoms with Crippen molar-refractivity contribution in [3.63, 3.8) is 0 Å². The van der Waals surface area contributed by atoms with Gasteiger partial charge in [-0.15, -0.1) is 23.1 Å². The number of amides is 3. The van der Waals surface area contributed by atoms with Crippen LogP contribution in [0, 0.1) is 0 Å². The Morgan fingerprint density at radius 2 is 1.86 bits per heavy atom. The number of nitrogens with one attached hydrogen (secondary N) is 1. The summed E-state index contributed by atoms with van der Waals surface area (Å²) in [5.41, 5.74) is 0.746. The fourth-order valence-electron chi connectivity index (χ4n) is 3.78. The number of methoxy groups -OCH3 is 1. The highest BCUT2D eigenvalue weighted by molar-refractivity contribution is 8.00. The predicted octanol–water partition coefficient (Wildman–Crippen LogP) is 3.97. The van der Waals surface area contributed by atoms with Crippen LogP contribution in [0.3, 0.4) is 0 Å². The number of carbonyl (C=O) groups excluding carboxylic acids is 2. The zero-order valence-corrected chi connectivity index (χ0v) is 17.4. The normalized spacial score (nSPS) is 18.3. The first-order valence-corrected chi connectivity index (χ1v) is 11.2. The van der Waals surface area contributed by atoms with Gasteiger partial charge >= 0.3 is 6.03 Å². The minimum atomic E-state index is -0.183. The minimum absolute atomic E-state index is 0.0980. The highest BCUT2D eigenvalue weighted by Gasteiger charge is 2.47. The van der Waals surface area contributed by atoms with E-state index in [0.717, 1.165) is 41.5 Å². The maximum absolute atomic E-state index is 12.9. The van der Waals surface area contributed by atoms with Crippen molar-refractivity contribution in [2.75, 3.05) is 37.8 Å². The smallest absolute Gasteiger partial charge is 0.321 e. The third kappa shape index (κ3) is 3.71. The van der Waals surface area contributed by atoms with E-state index in [4.69, 9.17) is 4.74 Å². The Labute approximate surface area is 172 Å². The van der Waals surface area contributed by atoms with Crippen LogP contribution in [0.2, 0.25) is 0 Å². The fraction of sp³-hybridized carbons (Fsp3) is 0.400. The molecule has 6 nitrogen and oxygen atoms in total. The molecule has 1 spiro atoms. The number of likely N-dealkylation sites (tertiary alicyclic amines) is 1. The largest absolute Gasteiger partial charge is 0.497 e. The zero-order valence-electron chi connectivity index (χ0n) is 15.7. The lowest BCUT2D eigenvalue weighted by molar-refractivity contribution is 0.0590. The van der Waals surface area contributed by atoms with Crippen LogP contribution in [-0.2, 0) is 0 Å². The second kappa shape index (κ2) is 8.05. The number of anilines is 1. The minimum Gasteiger partial charge on any atom is -0.497 e. The van der Waals surface area contributed by atoms with Crippen molar-refractivity contribution >= 4 is 40.7 Å². The van der Waals surface area contributed by atoms with E-state index < -0.39 is 0 Å². The van der Waals surface area contributed by atoms with E-state index in [1.54, 1.807) is 7.11 Å². The van der Waals surface area contributed by atoms with Gasteiger partial charge in [0.15, 0.2) is 0 Å². The van der Waals surface area contributed by atoms with Gasteiger partial charge in [0.25, 0.3) is 5.91 Å². The molecule has 4 rings (SSSR count). The number of hydrogen-bond donors (Lipinski definition) is 1. The maximum atomic E-state index is 12.9. The Kier molecular flexibility index (Phi) is 5.50. The third-order valence-electron chi connectivity index (χ3n) is 5.33.